The molecule has 2 heterocycles. The highest BCUT2D eigenvalue weighted by Gasteiger charge is 2.05. The second kappa shape index (κ2) is 11.4. The van der Waals surface area contributed by atoms with Gasteiger partial charge in [-0.1, -0.05) is 30.3 Å². The average Bonchev–Trinajstić information content (AvgIpc) is 3.34. The number of hydrogen-bond acceptors (Lipinski definition) is 3. The lowest BCUT2D eigenvalue weighted by Crippen LogP contribution is -2.38. The molecular formula is C19H26IN7. The van der Waals surface area contributed by atoms with Crippen LogP contribution in [-0.2, 0) is 19.6 Å². The first-order chi connectivity index (χ1) is 12.8. The molecule has 2 N–H and O–H groups in total. The third-order valence-electron chi connectivity index (χ3n) is 4.05. The quantitative estimate of drug-likeness (QED) is 0.226. The van der Waals surface area contributed by atoms with Gasteiger partial charge in [-0.05, 0) is 18.1 Å². The SMILES string of the molecule is CN=C(NCCCn1cccn1)NCc1nccn1Cc1ccccc1.I. The molecule has 0 fully saturated rings. The van der Waals surface area contributed by atoms with Crippen molar-refractivity contribution >= 4 is 29.9 Å². The van der Waals surface area contributed by atoms with Crippen molar-refractivity contribution in [3.8, 4) is 0 Å². The number of imidazole rings is 1. The molecule has 144 valence electrons. The Bertz CT molecular complexity index is 797. The highest BCUT2D eigenvalue weighted by Crippen LogP contribution is 2.05. The first-order valence-corrected chi connectivity index (χ1v) is 8.81. The summed E-state index contributed by atoms with van der Waals surface area (Å²) in [4.78, 5) is 8.73. The number of halogens is 1. The van der Waals surface area contributed by atoms with Crippen LogP contribution in [0.15, 0.2) is 66.2 Å². The summed E-state index contributed by atoms with van der Waals surface area (Å²) in [6.07, 6.45) is 8.58. The minimum atomic E-state index is 0. The van der Waals surface area contributed by atoms with E-state index in [0.717, 1.165) is 37.8 Å². The van der Waals surface area contributed by atoms with Gasteiger partial charge in [0.05, 0.1) is 6.54 Å². The number of benzene rings is 1. The van der Waals surface area contributed by atoms with E-state index in [1.54, 1.807) is 13.2 Å². The van der Waals surface area contributed by atoms with Gasteiger partial charge in [0.15, 0.2) is 5.96 Å². The molecule has 8 heteroatoms. The fourth-order valence-corrected chi connectivity index (χ4v) is 2.70. The molecule has 0 spiro atoms. The molecule has 0 bridgehead atoms. The Labute approximate surface area is 176 Å². The molecule has 2 aromatic heterocycles. The summed E-state index contributed by atoms with van der Waals surface area (Å²) in [7, 11) is 1.78. The van der Waals surface area contributed by atoms with Gasteiger partial charge >= 0.3 is 0 Å². The molecule has 3 rings (SSSR count). The fraction of sp³-hybridized carbons (Fsp3) is 0.316. The standard InChI is InChI=1S/C19H25N7.HI/c1-20-19(22-9-5-12-26-13-6-10-24-26)23-15-18-21-11-14-25(18)16-17-7-3-2-4-8-17;/h2-4,6-8,10-11,13-14H,5,9,12,15-16H2,1H3,(H2,20,22,23);1H. The molecule has 3 aromatic rings. The van der Waals surface area contributed by atoms with Crippen LogP contribution >= 0.6 is 24.0 Å². The summed E-state index contributed by atoms with van der Waals surface area (Å²) in [5.41, 5.74) is 1.26. The molecule has 0 radical (unpaired) electrons. The second-order valence-corrected chi connectivity index (χ2v) is 5.93. The fourth-order valence-electron chi connectivity index (χ4n) is 2.70. The number of hydrogen-bond donors (Lipinski definition) is 2. The Morgan fingerprint density at radius 2 is 1.93 bits per heavy atom. The van der Waals surface area contributed by atoms with Crippen molar-refractivity contribution in [2.75, 3.05) is 13.6 Å². The summed E-state index contributed by atoms with van der Waals surface area (Å²) in [5, 5.41) is 10.8. The Hall–Kier alpha value is -2.36. The molecule has 0 unspecified atom stereocenters. The number of aliphatic imine (C=N–C) groups is 1. The molecule has 27 heavy (non-hydrogen) atoms. The molecule has 0 aliphatic carbocycles. The third-order valence-corrected chi connectivity index (χ3v) is 4.05. The summed E-state index contributed by atoms with van der Waals surface area (Å²) >= 11 is 0. The van der Waals surface area contributed by atoms with E-state index in [4.69, 9.17) is 0 Å². The maximum atomic E-state index is 4.45. The Morgan fingerprint density at radius 3 is 2.67 bits per heavy atom. The maximum Gasteiger partial charge on any atom is 0.191 e. The van der Waals surface area contributed by atoms with E-state index in [0.29, 0.717) is 6.54 Å². The van der Waals surface area contributed by atoms with Gasteiger partial charge in [-0.15, -0.1) is 24.0 Å². The largest absolute Gasteiger partial charge is 0.356 e. The lowest BCUT2D eigenvalue weighted by Gasteiger charge is -2.13. The van der Waals surface area contributed by atoms with E-state index in [9.17, 15) is 0 Å². The molecule has 0 aliphatic heterocycles. The Kier molecular flexibility index (Phi) is 8.82. The summed E-state index contributed by atoms with van der Waals surface area (Å²) in [6.45, 7) is 3.16. The minimum Gasteiger partial charge on any atom is -0.356 e. The molecule has 0 aliphatic rings. The number of rotatable bonds is 8. The highest BCUT2D eigenvalue weighted by molar-refractivity contribution is 14.0. The minimum absolute atomic E-state index is 0. The summed E-state index contributed by atoms with van der Waals surface area (Å²) < 4.78 is 4.07. The van der Waals surface area contributed by atoms with Crippen LogP contribution in [0.25, 0.3) is 0 Å². The van der Waals surface area contributed by atoms with Gasteiger partial charge in [0.2, 0.25) is 0 Å². The number of guanidine groups is 1. The van der Waals surface area contributed by atoms with E-state index < -0.39 is 0 Å². The third kappa shape index (κ3) is 6.70. The van der Waals surface area contributed by atoms with E-state index >= 15 is 0 Å². The average molecular weight is 479 g/mol. The normalized spacial score (nSPS) is 11.1. The highest BCUT2D eigenvalue weighted by atomic mass is 127. The molecule has 0 atom stereocenters. The molecular weight excluding hydrogens is 453 g/mol. The van der Waals surface area contributed by atoms with Gasteiger partial charge in [-0.2, -0.15) is 5.10 Å². The van der Waals surface area contributed by atoms with Crippen molar-refractivity contribution in [3.63, 3.8) is 0 Å². The van der Waals surface area contributed by atoms with Crippen molar-refractivity contribution in [2.24, 2.45) is 4.99 Å². The topological polar surface area (TPSA) is 72.1 Å². The van der Waals surface area contributed by atoms with Gasteiger partial charge in [0, 0.05) is 51.5 Å². The first-order valence-electron chi connectivity index (χ1n) is 8.81. The molecule has 0 saturated carbocycles. The van der Waals surface area contributed by atoms with Crippen molar-refractivity contribution in [3.05, 3.63) is 72.6 Å². The zero-order valence-electron chi connectivity index (χ0n) is 15.5. The van der Waals surface area contributed by atoms with Crippen LogP contribution in [0, 0.1) is 0 Å². The molecule has 0 saturated heterocycles. The van der Waals surface area contributed by atoms with Crippen molar-refractivity contribution in [1.82, 2.24) is 30.0 Å². The van der Waals surface area contributed by atoms with Crippen LogP contribution in [0.2, 0.25) is 0 Å². The van der Waals surface area contributed by atoms with Gasteiger partial charge in [-0.3, -0.25) is 9.67 Å². The van der Waals surface area contributed by atoms with E-state index in [1.807, 2.05) is 35.4 Å². The van der Waals surface area contributed by atoms with Crippen molar-refractivity contribution in [1.29, 1.82) is 0 Å². The van der Waals surface area contributed by atoms with Gasteiger partial charge in [-0.25, -0.2) is 4.98 Å². The number of aromatic nitrogens is 4. The van der Waals surface area contributed by atoms with Crippen LogP contribution in [0.5, 0.6) is 0 Å². The van der Waals surface area contributed by atoms with Gasteiger partial charge in [0.1, 0.15) is 5.82 Å². The van der Waals surface area contributed by atoms with E-state index in [1.165, 1.54) is 5.56 Å². The van der Waals surface area contributed by atoms with Crippen LogP contribution < -0.4 is 10.6 Å². The lowest BCUT2D eigenvalue weighted by atomic mass is 10.2. The van der Waals surface area contributed by atoms with Crippen LogP contribution in [0.4, 0.5) is 0 Å². The van der Waals surface area contributed by atoms with Crippen LogP contribution in [-0.4, -0.2) is 38.9 Å². The van der Waals surface area contributed by atoms with Crippen molar-refractivity contribution < 1.29 is 0 Å². The number of nitrogens with zero attached hydrogens (tertiary/aromatic N) is 5. The predicted octanol–water partition coefficient (Wildman–Crippen LogP) is 2.50. The summed E-state index contributed by atoms with van der Waals surface area (Å²) in [5.74, 6) is 1.76. The molecule has 7 nitrogen and oxygen atoms in total. The van der Waals surface area contributed by atoms with Gasteiger partial charge in [0.25, 0.3) is 0 Å². The second-order valence-electron chi connectivity index (χ2n) is 5.93. The molecule has 0 amide bonds. The van der Waals surface area contributed by atoms with Crippen molar-refractivity contribution in [2.45, 2.75) is 26.1 Å². The smallest absolute Gasteiger partial charge is 0.191 e. The lowest BCUT2D eigenvalue weighted by molar-refractivity contribution is 0.569. The zero-order chi connectivity index (χ0) is 18.0. The van der Waals surface area contributed by atoms with Crippen LogP contribution in [0.1, 0.15) is 17.8 Å². The first kappa shape index (κ1) is 20.9. The monoisotopic (exact) mass is 479 g/mol. The number of aryl methyl sites for hydroxylation is 1. The summed E-state index contributed by atoms with van der Waals surface area (Å²) in [6, 6.07) is 12.3. The van der Waals surface area contributed by atoms with E-state index in [2.05, 4.69) is 54.5 Å². The Balaban J connectivity index is 0.00000261. The predicted molar refractivity (Wildman–Crippen MR) is 118 cm³/mol. The molecule has 1 aromatic carbocycles. The zero-order valence-corrected chi connectivity index (χ0v) is 17.8. The van der Waals surface area contributed by atoms with Gasteiger partial charge < -0.3 is 15.2 Å². The number of nitrogens with one attached hydrogen (secondary N) is 2. The van der Waals surface area contributed by atoms with E-state index in [-0.39, 0.29) is 24.0 Å². The van der Waals surface area contributed by atoms with Crippen LogP contribution in [0.3, 0.4) is 0 Å². The Morgan fingerprint density at radius 1 is 1.07 bits per heavy atom. The maximum absolute atomic E-state index is 4.45.